The van der Waals surface area contributed by atoms with Gasteiger partial charge in [0, 0.05) is 6.54 Å². The van der Waals surface area contributed by atoms with Gasteiger partial charge in [-0.25, -0.2) is 13.6 Å². The van der Waals surface area contributed by atoms with Crippen LogP contribution in [-0.2, 0) is 4.79 Å². The number of benzene rings is 1. The van der Waals surface area contributed by atoms with Crippen molar-refractivity contribution in [3.63, 3.8) is 0 Å². The summed E-state index contributed by atoms with van der Waals surface area (Å²) in [6.07, 6.45) is 1.61. The van der Waals surface area contributed by atoms with Crippen molar-refractivity contribution in [3.8, 4) is 0 Å². The van der Waals surface area contributed by atoms with E-state index in [1.165, 1.54) is 0 Å². The predicted molar refractivity (Wildman–Crippen MR) is 62.7 cm³/mol. The third-order valence-electron chi connectivity index (χ3n) is 3.23. The van der Waals surface area contributed by atoms with Crippen LogP contribution in [0.5, 0.6) is 0 Å². The quantitative estimate of drug-likeness (QED) is 0.893. The number of piperidine rings is 1. The summed E-state index contributed by atoms with van der Waals surface area (Å²) in [7, 11) is 0. The fourth-order valence-corrected chi connectivity index (χ4v) is 2.28. The Bertz CT molecular complexity index is 498. The van der Waals surface area contributed by atoms with Crippen LogP contribution in [0.3, 0.4) is 0 Å². The van der Waals surface area contributed by atoms with E-state index in [0.29, 0.717) is 19.3 Å². The van der Waals surface area contributed by atoms with Crippen LogP contribution in [0.1, 0.15) is 29.6 Å². The van der Waals surface area contributed by atoms with Crippen LogP contribution in [-0.4, -0.2) is 34.5 Å². The summed E-state index contributed by atoms with van der Waals surface area (Å²) in [6, 6.07) is 2.11. The van der Waals surface area contributed by atoms with Gasteiger partial charge >= 0.3 is 5.97 Å². The molecule has 1 amide bonds. The predicted octanol–water partition coefficient (Wildman–Crippen LogP) is 2.04. The lowest BCUT2D eigenvalue weighted by Crippen LogP contribution is -2.48. The van der Waals surface area contributed by atoms with E-state index < -0.39 is 35.1 Å². The molecule has 1 N–H and O–H groups in total. The van der Waals surface area contributed by atoms with Crippen molar-refractivity contribution < 1.29 is 23.5 Å². The first-order valence-electron chi connectivity index (χ1n) is 6.00. The number of carboxylic acids is 1. The van der Waals surface area contributed by atoms with Crippen molar-refractivity contribution in [2.75, 3.05) is 6.54 Å². The number of carbonyl (C=O) groups is 2. The van der Waals surface area contributed by atoms with E-state index in [2.05, 4.69) is 0 Å². The Morgan fingerprint density at radius 3 is 2.42 bits per heavy atom. The van der Waals surface area contributed by atoms with Gasteiger partial charge in [0.15, 0.2) is 0 Å². The monoisotopic (exact) mass is 269 g/mol. The molecule has 102 valence electrons. The molecule has 1 aromatic rings. The fourth-order valence-electron chi connectivity index (χ4n) is 2.28. The molecule has 1 aliphatic heterocycles. The minimum atomic E-state index is -1.15. The van der Waals surface area contributed by atoms with Gasteiger partial charge in [0.25, 0.3) is 5.91 Å². The van der Waals surface area contributed by atoms with Gasteiger partial charge in [-0.3, -0.25) is 4.79 Å². The zero-order valence-electron chi connectivity index (χ0n) is 10.1. The van der Waals surface area contributed by atoms with E-state index in [9.17, 15) is 18.4 Å². The lowest BCUT2D eigenvalue weighted by molar-refractivity contribution is -0.143. The Labute approximate surface area is 108 Å². The molecule has 0 saturated carbocycles. The Morgan fingerprint density at radius 2 is 1.84 bits per heavy atom. The average molecular weight is 269 g/mol. The third-order valence-corrected chi connectivity index (χ3v) is 3.23. The van der Waals surface area contributed by atoms with Crippen LogP contribution in [0, 0.1) is 11.6 Å². The number of rotatable bonds is 2. The van der Waals surface area contributed by atoms with Gasteiger partial charge in [0.1, 0.15) is 23.2 Å². The standard InChI is InChI=1S/C13H13F2NO3/c14-8-4-3-5-9(15)11(8)12(17)16-7-2-1-6-10(16)13(18)19/h3-5,10H,1-2,6-7H2,(H,18,19)/t10-/m0/s1. The van der Waals surface area contributed by atoms with Crippen molar-refractivity contribution in [2.24, 2.45) is 0 Å². The lowest BCUT2D eigenvalue weighted by Gasteiger charge is -2.33. The van der Waals surface area contributed by atoms with Crippen LogP contribution >= 0.6 is 0 Å². The molecule has 1 atom stereocenters. The van der Waals surface area contributed by atoms with Crippen LogP contribution in [0.25, 0.3) is 0 Å². The highest BCUT2D eigenvalue weighted by Crippen LogP contribution is 2.22. The summed E-state index contributed by atoms with van der Waals surface area (Å²) in [4.78, 5) is 24.3. The molecule has 1 aliphatic rings. The molecule has 1 heterocycles. The molecule has 0 unspecified atom stereocenters. The van der Waals surface area contributed by atoms with Crippen LogP contribution < -0.4 is 0 Å². The molecular weight excluding hydrogens is 256 g/mol. The molecule has 1 aromatic carbocycles. The molecule has 0 radical (unpaired) electrons. The molecule has 4 nitrogen and oxygen atoms in total. The van der Waals surface area contributed by atoms with Gasteiger partial charge in [-0.1, -0.05) is 6.07 Å². The van der Waals surface area contributed by atoms with Crippen LogP contribution in [0.15, 0.2) is 18.2 Å². The Hall–Kier alpha value is -1.98. The lowest BCUT2D eigenvalue weighted by atomic mass is 10.0. The van der Waals surface area contributed by atoms with Gasteiger partial charge < -0.3 is 10.0 Å². The number of hydrogen-bond acceptors (Lipinski definition) is 2. The summed E-state index contributed by atoms with van der Waals surface area (Å²) in [6.45, 7) is 0.198. The van der Waals surface area contributed by atoms with E-state index in [4.69, 9.17) is 5.11 Å². The van der Waals surface area contributed by atoms with Crippen molar-refractivity contribution in [2.45, 2.75) is 25.3 Å². The van der Waals surface area contributed by atoms with Crippen molar-refractivity contribution >= 4 is 11.9 Å². The second-order valence-corrected chi connectivity index (χ2v) is 4.45. The Balaban J connectivity index is 2.34. The fraction of sp³-hybridized carbons (Fsp3) is 0.385. The van der Waals surface area contributed by atoms with E-state index in [0.717, 1.165) is 23.1 Å². The molecule has 19 heavy (non-hydrogen) atoms. The third kappa shape index (κ3) is 2.57. The highest BCUT2D eigenvalue weighted by Gasteiger charge is 2.34. The number of likely N-dealkylation sites (tertiary alicyclic amines) is 1. The normalized spacial score (nSPS) is 19.3. The highest BCUT2D eigenvalue weighted by atomic mass is 19.1. The highest BCUT2D eigenvalue weighted by molar-refractivity contribution is 5.97. The topological polar surface area (TPSA) is 57.6 Å². The number of aliphatic carboxylic acids is 1. The van der Waals surface area contributed by atoms with E-state index in [1.54, 1.807) is 0 Å². The summed E-state index contributed by atoms with van der Waals surface area (Å²) < 4.78 is 27.1. The maximum Gasteiger partial charge on any atom is 0.326 e. The second kappa shape index (κ2) is 5.34. The molecule has 0 spiro atoms. The number of hydrogen-bond donors (Lipinski definition) is 1. The summed E-state index contributed by atoms with van der Waals surface area (Å²) in [5.41, 5.74) is -0.685. The van der Waals surface area contributed by atoms with Gasteiger partial charge in [-0.05, 0) is 31.4 Å². The molecule has 0 bridgehead atoms. The number of carboxylic acid groups (broad SMARTS) is 1. The molecule has 6 heteroatoms. The van der Waals surface area contributed by atoms with Gasteiger partial charge in [-0.2, -0.15) is 0 Å². The maximum atomic E-state index is 13.5. The zero-order chi connectivity index (χ0) is 14.0. The van der Waals surface area contributed by atoms with E-state index in [1.807, 2.05) is 0 Å². The minimum Gasteiger partial charge on any atom is -0.480 e. The van der Waals surface area contributed by atoms with Crippen molar-refractivity contribution in [1.29, 1.82) is 0 Å². The number of carbonyl (C=O) groups excluding carboxylic acids is 1. The van der Waals surface area contributed by atoms with E-state index in [-0.39, 0.29) is 6.54 Å². The van der Waals surface area contributed by atoms with Gasteiger partial charge in [0.2, 0.25) is 0 Å². The van der Waals surface area contributed by atoms with Crippen molar-refractivity contribution in [3.05, 3.63) is 35.4 Å². The molecule has 1 saturated heterocycles. The largest absolute Gasteiger partial charge is 0.480 e. The number of nitrogens with zero attached hydrogens (tertiary/aromatic N) is 1. The number of halogens is 2. The van der Waals surface area contributed by atoms with Crippen LogP contribution in [0.2, 0.25) is 0 Å². The first kappa shape index (κ1) is 13.5. The van der Waals surface area contributed by atoms with Crippen molar-refractivity contribution in [1.82, 2.24) is 4.90 Å². The minimum absolute atomic E-state index is 0.198. The number of amides is 1. The SMILES string of the molecule is O=C(O)[C@@H]1CCCCN1C(=O)c1c(F)cccc1F. The average Bonchev–Trinajstić information content (AvgIpc) is 2.38. The Kier molecular flexibility index (Phi) is 3.78. The molecular formula is C13H13F2NO3. The smallest absolute Gasteiger partial charge is 0.326 e. The van der Waals surface area contributed by atoms with E-state index >= 15 is 0 Å². The summed E-state index contributed by atoms with van der Waals surface area (Å²) in [5.74, 6) is -3.99. The van der Waals surface area contributed by atoms with Gasteiger partial charge in [0.05, 0.1) is 0 Å². The Morgan fingerprint density at radius 1 is 1.21 bits per heavy atom. The first-order valence-corrected chi connectivity index (χ1v) is 6.00. The maximum absolute atomic E-state index is 13.5. The molecule has 0 aliphatic carbocycles. The first-order chi connectivity index (χ1) is 9.02. The summed E-state index contributed by atoms with van der Waals surface area (Å²) >= 11 is 0. The summed E-state index contributed by atoms with van der Waals surface area (Å²) in [5, 5.41) is 9.06. The molecule has 1 fully saturated rings. The van der Waals surface area contributed by atoms with Crippen LogP contribution in [0.4, 0.5) is 8.78 Å². The molecule has 2 rings (SSSR count). The second-order valence-electron chi connectivity index (χ2n) is 4.45. The molecule has 0 aromatic heterocycles. The zero-order valence-corrected chi connectivity index (χ0v) is 10.1. The van der Waals surface area contributed by atoms with Gasteiger partial charge in [-0.15, -0.1) is 0 Å².